The molecule has 1 amide bonds. The first-order valence-electron chi connectivity index (χ1n) is 6.49. The quantitative estimate of drug-likeness (QED) is 0.791. The molecule has 0 aliphatic rings. The number of nitrogens with zero attached hydrogens (tertiary/aromatic N) is 3. The number of nitrogens with one attached hydrogen (secondary N) is 1. The predicted molar refractivity (Wildman–Crippen MR) is 72.2 cm³/mol. The Balaban J connectivity index is 2.26. The van der Waals surface area contributed by atoms with Gasteiger partial charge in [-0.1, -0.05) is 0 Å². The molecule has 1 N–H and O–H groups in total. The molecule has 1 aromatic heterocycles. The highest BCUT2D eigenvalue weighted by molar-refractivity contribution is 5.75. The van der Waals surface area contributed by atoms with E-state index in [1.54, 1.807) is 23.3 Å². The summed E-state index contributed by atoms with van der Waals surface area (Å²) >= 11 is 0. The fourth-order valence-corrected chi connectivity index (χ4v) is 2.04. The average Bonchev–Trinajstić information content (AvgIpc) is 2.75. The second-order valence-electron chi connectivity index (χ2n) is 5.01. The zero-order chi connectivity index (χ0) is 13.5. The van der Waals surface area contributed by atoms with Gasteiger partial charge in [0.1, 0.15) is 6.54 Å². The van der Waals surface area contributed by atoms with E-state index in [9.17, 15) is 4.79 Å². The van der Waals surface area contributed by atoms with Crippen molar-refractivity contribution in [3.8, 4) is 0 Å². The molecule has 0 unspecified atom stereocenters. The zero-order valence-corrected chi connectivity index (χ0v) is 11.8. The summed E-state index contributed by atoms with van der Waals surface area (Å²) < 4.78 is 1.76. The summed E-state index contributed by atoms with van der Waals surface area (Å²) in [5, 5.41) is 2.93. The zero-order valence-electron chi connectivity index (χ0n) is 11.8. The lowest BCUT2D eigenvalue weighted by Crippen LogP contribution is -2.42. The molecule has 0 aliphatic heterocycles. The predicted octanol–water partition coefficient (Wildman–Crippen LogP) is 1.12. The van der Waals surface area contributed by atoms with E-state index in [1.807, 2.05) is 0 Å². The lowest BCUT2D eigenvalue weighted by Gasteiger charge is -2.30. The number of hydrogen-bond acceptors (Lipinski definition) is 3. The van der Waals surface area contributed by atoms with Gasteiger partial charge in [0.05, 0.1) is 6.33 Å². The first kappa shape index (κ1) is 14.7. The lowest BCUT2D eigenvalue weighted by atomic mass is 10.2. The van der Waals surface area contributed by atoms with Gasteiger partial charge in [0.15, 0.2) is 0 Å². The summed E-state index contributed by atoms with van der Waals surface area (Å²) in [5.41, 5.74) is 0. The van der Waals surface area contributed by atoms with Gasteiger partial charge in [-0.25, -0.2) is 4.98 Å². The van der Waals surface area contributed by atoms with Crippen LogP contribution in [0.5, 0.6) is 0 Å². The van der Waals surface area contributed by atoms with E-state index in [4.69, 9.17) is 0 Å². The van der Waals surface area contributed by atoms with Crippen LogP contribution in [0.25, 0.3) is 0 Å². The van der Waals surface area contributed by atoms with E-state index >= 15 is 0 Å². The number of rotatable bonds is 7. The van der Waals surface area contributed by atoms with Crippen molar-refractivity contribution in [2.24, 2.45) is 0 Å². The first-order chi connectivity index (χ1) is 8.50. The number of carbonyl (C=O) groups is 1. The maximum absolute atomic E-state index is 11.7. The second kappa shape index (κ2) is 7.16. The van der Waals surface area contributed by atoms with E-state index < -0.39 is 0 Å². The molecule has 18 heavy (non-hydrogen) atoms. The summed E-state index contributed by atoms with van der Waals surface area (Å²) in [5.74, 6) is 0.0282. The van der Waals surface area contributed by atoms with Crippen LogP contribution in [0.4, 0.5) is 0 Å². The van der Waals surface area contributed by atoms with Gasteiger partial charge in [-0.3, -0.25) is 9.69 Å². The van der Waals surface area contributed by atoms with Crippen molar-refractivity contribution in [2.75, 3.05) is 13.1 Å². The van der Waals surface area contributed by atoms with Crippen LogP contribution in [0.1, 0.15) is 27.7 Å². The number of hydrogen-bond donors (Lipinski definition) is 1. The van der Waals surface area contributed by atoms with Crippen molar-refractivity contribution in [1.29, 1.82) is 0 Å². The molecule has 5 heteroatoms. The molecule has 5 nitrogen and oxygen atoms in total. The Hall–Kier alpha value is -1.36. The summed E-state index contributed by atoms with van der Waals surface area (Å²) in [6.07, 6.45) is 5.11. The van der Waals surface area contributed by atoms with Gasteiger partial charge in [-0.05, 0) is 27.7 Å². The second-order valence-corrected chi connectivity index (χ2v) is 5.01. The molecule has 1 heterocycles. The molecule has 1 rings (SSSR count). The Kier molecular flexibility index (Phi) is 5.85. The third kappa shape index (κ3) is 4.87. The third-order valence-electron chi connectivity index (χ3n) is 2.90. The molecule has 0 aliphatic carbocycles. The Morgan fingerprint density at radius 2 is 2.00 bits per heavy atom. The summed E-state index contributed by atoms with van der Waals surface area (Å²) in [7, 11) is 0. The van der Waals surface area contributed by atoms with Gasteiger partial charge < -0.3 is 9.88 Å². The van der Waals surface area contributed by atoms with Crippen LogP contribution in [0.15, 0.2) is 18.7 Å². The molecule has 0 saturated heterocycles. The van der Waals surface area contributed by atoms with E-state index in [0.29, 0.717) is 25.2 Å². The maximum Gasteiger partial charge on any atom is 0.240 e. The Morgan fingerprint density at radius 1 is 1.33 bits per heavy atom. The SMILES string of the molecule is CC(C)N(CCNC(=O)Cn1ccnc1)C(C)C. The van der Waals surface area contributed by atoms with Crippen LogP contribution in [0.3, 0.4) is 0 Å². The van der Waals surface area contributed by atoms with Crippen molar-refractivity contribution in [3.63, 3.8) is 0 Å². The molecule has 0 bridgehead atoms. The number of aromatic nitrogens is 2. The Morgan fingerprint density at radius 3 is 2.50 bits per heavy atom. The van der Waals surface area contributed by atoms with Crippen LogP contribution >= 0.6 is 0 Å². The Labute approximate surface area is 109 Å². The topological polar surface area (TPSA) is 50.2 Å². The van der Waals surface area contributed by atoms with E-state index in [0.717, 1.165) is 6.54 Å². The molecule has 0 radical (unpaired) electrons. The highest BCUT2D eigenvalue weighted by atomic mass is 16.1. The van der Waals surface area contributed by atoms with Crippen LogP contribution in [0.2, 0.25) is 0 Å². The van der Waals surface area contributed by atoms with Crippen LogP contribution in [-0.4, -0.2) is 45.5 Å². The average molecular weight is 252 g/mol. The molecule has 0 atom stereocenters. The molecule has 102 valence electrons. The highest BCUT2D eigenvalue weighted by Crippen LogP contribution is 2.03. The Bertz CT molecular complexity index is 338. The minimum absolute atomic E-state index is 0.0282. The molecule has 0 spiro atoms. The first-order valence-corrected chi connectivity index (χ1v) is 6.49. The van der Waals surface area contributed by atoms with Crippen molar-refractivity contribution in [2.45, 2.75) is 46.3 Å². The van der Waals surface area contributed by atoms with Gasteiger partial charge >= 0.3 is 0 Å². The molecule has 0 aromatic carbocycles. The van der Waals surface area contributed by atoms with Crippen LogP contribution in [0, 0.1) is 0 Å². The van der Waals surface area contributed by atoms with Crippen LogP contribution < -0.4 is 5.32 Å². The van der Waals surface area contributed by atoms with Crippen molar-refractivity contribution < 1.29 is 4.79 Å². The fraction of sp³-hybridized carbons (Fsp3) is 0.692. The smallest absolute Gasteiger partial charge is 0.240 e. The monoisotopic (exact) mass is 252 g/mol. The molecular weight excluding hydrogens is 228 g/mol. The van der Waals surface area contributed by atoms with E-state index in [-0.39, 0.29) is 5.91 Å². The third-order valence-corrected chi connectivity index (χ3v) is 2.90. The number of amides is 1. The number of imidazole rings is 1. The van der Waals surface area contributed by atoms with E-state index in [1.165, 1.54) is 0 Å². The van der Waals surface area contributed by atoms with E-state index in [2.05, 4.69) is 42.9 Å². The van der Waals surface area contributed by atoms with Crippen molar-refractivity contribution >= 4 is 5.91 Å². The molecule has 1 aromatic rings. The maximum atomic E-state index is 11.7. The normalized spacial score (nSPS) is 11.5. The number of carbonyl (C=O) groups excluding carboxylic acids is 1. The van der Waals surface area contributed by atoms with Gasteiger partial charge in [0.25, 0.3) is 0 Å². The standard InChI is InChI=1S/C13H24N4O/c1-11(2)17(12(3)4)8-6-15-13(18)9-16-7-5-14-10-16/h5,7,10-12H,6,8-9H2,1-4H3,(H,15,18). The van der Waals surface area contributed by atoms with Gasteiger partial charge in [0.2, 0.25) is 5.91 Å². The summed E-state index contributed by atoms with van der Waals surface area (Å²) in [4.78, 5) is 17.9. The summed E-state index contributed by atoms with van der Waals surface area (Å²) in [6.45, 7) is 10.6. The fourth-order valence-electron chi connectivity index (χ4n) is 2.04. The van der Waals surface area contributed by atoms with Gasteiger partial charge in [0, 0.05) is 37.6 Å². The summed E-state index contributed by atoms with van der Waals surface area (Å²) in [6, 6.07) is 0.992. The van der Waals surface area contributed by atoms with Gasteiger partial charge in [-0.2, -0.15) is 0 Å². The minimum Gasteiger partial charge on any atom is -0.353 e. The van der Waals surface area contributed by atoms with Crippen molar-refractivity contribution in [3.05, 3.63) is 18.7 Å². The van der Waals surface area contributed by atoms with Gasteiger partial charge in [-0.15, -0.1) is 0 Å². The van der Waals surface area contributed by atoms with Crippen LogP contribution in [-0.2, 0) is 11.3 Å². The lowest BCUT2D eigenvalue weighted by molar-refractivity contribution is -0.121. The highest BCUT2D eigenvalue weighted by Gasteiger charge is 2.12. The largest absolute Gasteiger partial charge is 0.353 e. The minimum atomic E-state index is 0.0282. The van der Waals surface area contributed by atoms with Crippen molar-refractivity contribution in [1.82, 2.24) is 19.8 Å². The molecule has 0 fully saturated rings. The molecule has 0 saturated carbocycles. The molecular formula is C13H24N4O.